The summed E-state index contributed by atoms with van der Waals surface area (Å²) in [6.45, 7) is 0. The Hall–Kier alpha value is -3.49. The van der Waals surface area contributed by atoms with Gasteiger partial charge in [0.1, 0.15) is 5.69 Å². The molecular weight excluding hydrogens is 347 g/mol. The zero-order valence-electron chi connectivity index (χ0n) is 13.1. The number of nitrogens with zero attached hydrogens (tertiary/aromatic N) is 5. The second-order valence-corrected chi connectivity index (χ2v) is 5.33. The highest BCUT2D eigenvalue weighted by molar-refractivity contribution is 5.54. The summed E-state index contributed by atoms with van der Waals surface area (Å²) in [6.07, 6.45) is -1.29. The van der Waals surface area contributed by atoms with Crippen LogP contribution >= 0.6 is 0 Å². The number of halogens is 3. The lowest BCUT2D eigenvalue weighted by atomic mass is 10.2. The number of hydrogen-bond acceptors (Lipinski definition) is 5. The Morgan fingerprint density at radius 2 is 1.85 bits per heavy atom. The normalized spacial score (nSPS) is 11.7. The minimum Gasteiger partial charge on any atom is -0.332 e. The molecule has 0 aliphatic carbocycles. The van der Waals surface area contributed by atoms with Gasteiger partial charge in [-0.05, 0) is 36.4 Å². The van der Waals surface area contributed by atoms with Gasteiger partial charge in [-0.2, -0.15) is 23.3 Å². The highest BCUT2D eigenvalue weighted by atomic mass is 19.4. The van der Waals surface area contributed by atoms with Crippen molar-refractivity contribution in [2.75, 3.05) is 0 Å². The van der Waals surface area contributed by atoms with Gasteiger partial charge < -0.3 is 4.52 Å². The Bertz CT molecular complexity index is 1040. The van der Waals surface area contributed by atoms with Gasteiger partial charge in [0.15, 0.2) is 5.69 Å². The highest BCUT2D eigenvalue weighted by Gasteiger charge is 2.30. The molecule has 130 valence electrons. The summed E-state index contributed by atoms with van der Waals surface area (Å²) in [5, 5.41) is 8.06. The molecule has 0 bridgehead atoms. The molecule has 0 amide bonds. The second-order valence-electron chi connectivity index (χ2n) is 5.33. The Morgan fingerprint density at radius 1 is 0.962 bits per heavy atom. The summed E-state index contributed by atoms with van der Waals surface area (Å²) in [5.74, 6) is 0.450. The smallest absolute Gasteiger partial charge is 0.332 e. The van der Waals surface area contributed by atoms with Crippen molar-refractivity contribution in [3.63, 3.8) is 0 Å². The molecule has 0 saturated heterocycles. The van der Waals surface area contributed by atoms with Crippen LogP contribution in [0.5, 0.6) is 0 Å². The number of benzene rings is 1. The van der Waals surface area contributed by atoms with Gasteiger partial charge in [-0.15, -0.1) is 0 Å². The van der Waals surface area contributed by atoms with E-state index in [0.29, 0.717) is 17.2 Å². The van der Waals surface area contributed by atoms with E-state index in [0.717, 1.165) is 12.1 Å². The van der Waals surface area contributed by atoms with Gasteiger partial charge in [-0.25, -0.2) is 4.68 Å². The van der Waals surface area contributed by atoms with Crippen LogP contribution in [0.15, 0.2) is 65.4 Å². The standard InChI is InChI=1S/C17H10F3N5O/c18-17(19,20)11-4-3-5-12(10-11)25-9-7-14(23-25)16-22-15(24-26-16)13-6-1-2-8-21-13/h1-10H. The zero-order chi connectivity index (χ0) is 18.1. The van der Waals surface area contributed by atoms with Crippen molar-refractivity contribution in [1.82, 2.24) is 24.9 Å². The maximum absolute atomic E-state index is 12.8. The van der Waals surface area contributed by atoms with E-state index in [-0.39, 0.29) is 11.6 Å². The molecule has 0 unspecified atom stereocenters. The average molecular weight is 357 g/mol. The van der Waals surface area contributed by atoms with Crippen molar-refractivity contribution in [2.45, 2.75) is 6.18 Å². The molecule has 0 aliphatic heterocycles. The summed E-state index contributed by atoms with van der Waals surface area (Å²) in [6, 6.07) is 11.7. The van der Waals surface area contributed by atoms with Gasteiger partial charge in [0.05, 0.1) is 11.3 Å². The molecule has 9 heteroatoms. The van der Waals surface area contributed by atoms with Crippen molar-refractivity contribution in [3.05, 3.63) is 66.5 Å². The third-order valence-corrected chi connectivity index (χ3v) is 3.57. The number of alkyl halides is 3. The molecule has 0 spiro atoms. The first-order chi connectivity index (χ1) is 12.5. The van der Waals surface area contributed by atoms with Crippen LogP contribution in [-0.2, 0) is 6.18 Å². The summed E-state index contributed by atoms with van der Waals surface area (Å²) in [7, 11) is 0. The van der Waals surface area contributed by atoms with Crippen LogP contribution in [0.3, 0.4) is 0 Å². The van der Waals surface area contributed by atoms with E-state index in [4.69, 9.17) is 4.52 Å². The second kappa shape index (κ2) is 6.10. The lowest BCUT2D eigenvalue weighted by molar-refractivity contribution is -0.137. The third kappa shape index (κ3) is 3.06. The molecule has 3 heterocycles. The number of rotatable bonds is 3. The van der Waals surface area contributed by atoms with E-state index in [9.17, 15) is 13.2 Å². The van der Waals surface area contributed by atoms with Crippen molar-refractivity contribution >= 4 is 0 Å². The molecule has 6 nitrogen and oxygen atoms in total. The predicted octanol–water partition coefficient (Wildman–Crippen LogP) is 4.00. The molecular formula is C17H10F3N5O. The van der Waals surface area contributed by atoms with E-state index < -0.39 is 11.7 Å². The van der Waals surface area contributed by atoms with Gasteiger partial charge in [-0.1, -0.05) is 17.3 Å². The summed E-state index contributed by atoms with van der Waals surface area (Å²) < 4.78 is 45.0. The van der Waals surface area contributed by atoms with Gasteiger partial charge >= 0.3 is 6.18 Å². The monoisotopic (exact) mass is 357 g/mol. The first kappa shape index (κ1) is 16.0. The fourth-order valence-electron chi connectivity index (χ4n) is 2.33. The molecule has 0 aliphatic rings. The Balaban J connectivity index is 1.64. The minimum atomic E-state index is -4.42. The first-order valence-corrected chi connectivity index (χ1v) is 7.49. The number of pyridine rings is 1. The van der Waals surface area contributed by atoms with Gasteiger partial charge in [0.25, 0.3) is 5.89 Å². The molecule has 0 fully saturated rings. The Labute approximate surface area is 144 Å². The zero-order valence-corrected chi connectivity index (χ0v) is 13.1. The van der Waals surface area contributed by atoms with E-state index in [1.165, 1.54) is 23.0 Å². The van der Waals surface area contributed by atoms with Gasteiger partial charge in [-0.3, -0.25) is 4.98 Å². The fourth-order valence-corrected chi connectivity index (χ4v) is 2.33. The van der Waals surface area contributed by atoms with Crippen molar-refractivity contribution in [1.29, 1.82) is 0 Å². The molecule has 1 aromatic carbocycles. The lowest BCUT2D eigenvalue weighted by Crippen LogP contribution is -2.06. The van der Waals surface area contributed by atoms with Crippen molar-refractivity contribution < 1.29 is 17.7 Å². The molecule has 3 aromatic heterocycles. The summed E-state index contributed by atoms with van der Waals surface area (Å²) >= 11 is 0. The maximum atomic E-state index is 12.8. The average Bonchev–Trinajstić information content (AvgIpc) is 3.31. The lowest BCUT2D eigenvalue weighted by Gasteiger charge is -2.08. The largest absolute Gasteiger partial charge is 0.416 e. The molecule has 26 heavy (non-hydrogen) atoms. The van der Waals surface area contributed by atoms with Crippen LogP contribution < -0.4 is 0 Å². The van der Waals surface area contributed by atoms with Crippen LogP contribution in [0.4, 0.5) is 13.2 Å². The number of aromatic nitrogens is 5. The predicted molar refractivity (Wildman–Crippen MR) is 85.1 cm³/mol. The number of hydrogen-bond donors (Lipinski definition) is 0. The quantitative estimate of drug-likeness (QED) is 0.554. The Morgan fingerprint density at radius 3 is 2.62 bits per heavy atom. The van der Waals surface area contributed by atoms with Crippen LogP contribution in [0.1, 0.15) is 5.56 Å². The molecule has 0 N–H and O–H groups in total. The maximum Gasteiger partial charge on any atom is 0.416 e. The fraction of sp³-hybridized carbons (Fsp3) is 0.0588. The van der Waals surface area contributed by atoms with Crippen LogP contribution in [-0.4, -0.2) is 24.9 Å². The van der Waals surface area contributed by atoms with E-state index in [1.807, 2.05) is 0 Å². The van der Waals surface area contributed by atoms with Crippen LogP contribution in [0.25, 0.3) is 28.8 Å². The molecule has 4 rings (SSSR count). The topological polar surface area (TPSA) is 69.6 Å². The van der Waals surface area contributed by atoms with E-state index >= 15 is 0 Å². The molecule has 0 radical (unpaired) electrons. The molecule has 0 atom stereocenters. The summed E-state index contributed by atoms with van der Waals surface area (Å²) in [4.78, 5) is 8.34. The van der Waals surface area contributed by atoms with E-state index in [1.54, 1.807) is 30.5 Å². The molecule has 0 saturated carbocycles. The highest BCUT2D eigenvalue weighted by Crippen LogP contribution is 2.30. The molecule has 4 aromatic rings. The minimum absolute atomic E-state index is 0.149. The van der Waals surface area contributed by atoms with Gasteiger partial charge in [0.2, 0.25) is 5.82 Å². The van der Waals surface area contributed by atoms with Crippen LogP contribution in [0.2, 0.25) is 0 Å². The van der Waals surface area contributed by atoms with Crippen molar-refractivity contribution in [2.24, 2.45) is 0 Å². The SMILES string of the molecule is FC(F)(F)c1cccc(-n2ccc(-c3nc(-c4ccccn4)no3)n2)c1. The third-order valence-electron chi connectivity index (χ3n) is 3.57. The summed E-state index contributed by atoms with van der Waals surface area (Å²) in [5.41, 5.74) is 0.412. The van der Waals surface area contributed by atoms with Crippen LogP contribution in [0, 0.1) is 0 Å². The van der Waals surface area contributed by atoms with Gasteiger partial charge in [0, 0.05) is 12.4 Å². The first-order valence-electron chi connectivity index (χ1n) is 7.49. The Kier molecular flexibility index (Phi) is 3.76. The van der Waals surface area contributed by atoms with Crippen molar-refractivity contribution in [3.8, 4) is 28.8 Å². The van der Waals surface area contributed by atoms with E-state index in [2.05, 4.69) is 20.2 Å².